The standard InChI is InChI=1S/C25H48N2O/c1-2-3-4-5-6-7-19-8-10-20(11-9-19)21-12-15-23(16-13-21)28-25-17-14-22(26)18-24(25)27/h19-25H,2-18,26-27H2,1H3. The molecule has 0 amide bonds. The fourth-order valence-corrected chi connectivity index (χ4v) is 6.31. The average molecular weight is 393 g/mol. The molecule has 3 atom stereocenters. The van der Waals surface area contributed by atoms with Gasteiger partial charge in [0.25, 0.3) is 0 Å². The molecule has 3 heteroatoms. The van der Waals surface area contributed by atoms with Crippen molar-refractivity contribution in [1.29, 1.82) is 0 Å². The van der Waals surface area contributed by atoms with E-state index in [0.29, 0.717) is 6.10 Å². The van der Waals surface area contributed by atoms with Gasteiger partial charge in [-0.3, -0.25) is 0 Å². The van der Waals surface area contributed by atoms with Crippen LogP contribution in [-0.4, -0.2) is 24.3 Å². The van der Waals surface area contributed by atoms with Crippen LogP contribution in [0.25, 0.3) is 0 Å². The fraction of sp³-hybridized carbons (Fsp3) is 1.00. The summed E-state index contributed by atoms with van der Waals surface area (Å²) in [7, 11) is 0. The lowest BCUT2D eigenvalue weighted by molar-refractivity contribution is -0.0653. The largest absolute Gasteiger partial charge is 0.373 e. The van der Waals surface area contributed by atoms with Crippen molar-refractivity contribution in [2.45, 2.75) is 140 Å². The first-order valence-electron chi connectivity index (χ1n) is 12.8. The molecule has 0 aliphatic heterocycles. The van der Waals surface area contributed by atoms with Gasteiger partial charge in [-0.15, -0.1) is 0 Å². The third kappa shape index (κ3) is 6.99. The number of nitrogens with two attached hydrogens (primary N) is 2. The van der Waals surface area contributed by atoms with E-state index in [1.54, 1.807) is 0 Å². The van der Waals surface area contributed by atoms with E-state index in [0.717, 1.165) is 37.0 Å². The van der Waals surface area contributed by atoms with E-state index in [4.69, 9.17) is 16.2 Å². The van der Waals surface area contributed by atoms with Crippen molar-refractivity contribution in [3.8, 4) is 0 Å². The maximum atomic E-state index is 6.44. The summed E-state index contributed by atoms with van der Waals surface area (Å²) in [5.41, 5.74) is 12.3. The van der Waals surface area contributed by atoms with Crippen LogP contribution in [0.3, 0.4) is 0 Å². The van der Waals surface area contributed by atoms with Gasteiger partial charge >= 0.3 is 0 Å². The molecule has 3 unspecified atom stereocenters. The third-order valence-electron chi connectivity index (χ3n) is 8.23. The highest BCUT2D eigenvalue weighted by Gasteiger charge is 2.34. The highest BCUT2D eigenvalue weighted by Crippen LogP contribution is 2.42. The molecule has 0 bridgehead atoms. The first-order chi connectivity index (χ1) is 13.7. The van der Waals surface area contributed by atoms with E-state index in [1.165, 1.54) is 89.9 Å². The SMILES string of the molecule is CCCCCCCC1CCC(C2CCC(OC3CCC(N)CC3N)CC2)CC1. The van der Waals surface area contributed by atoms with Gasteiger partial charge in [-0.2, -0.15) is 0 Å². The van der Waals surface area contributed by atoms with E-state index in [1.807, 2.05) is 0 Å². The lowest BCUT2D eigenvalue weighted by Crippen LogP contribution is -2.48. The number of unbranched alkanes of at least 4 members (excludes halogenated alkanes) is 4. The van der Waals surface area contributed by atoms with Gasteiger partial charge in [-0.1, -0.05) is 58.3 Å². The highest BCUT2D eigenvalue weighted by atomic mass is 16.5. The Kier molecular flexibility index (Phi) is 9.60. The Morgan fingerprint density at radius 2 is 1.36 bits per heavy atom. The normalized spacial score (nSPS) is 39.8. The highest BCUT2D eigenvalue weighted by molar-refractivity contribution is 4.88. The van der Waals surface area contributed by atoms with E-state index >= 15 is 0 Å². The first kappa shape index (κ1) is 22.6. The second-order valence-corrected chi connectivity index (χ2v) is 10.4. The van der Waals surface area contributed by atoms with Crippen LogP contribution < -0.4 is 11.5 Å². The van der Waals surface area contributed by atoms with Gasteiger partial charge in [0.1, 0.15) is 0 Å². The van der Waals surface area contributed by atoms with Gasteiger partial charge in [0.05, 0.1) is 12.2 Å². The number of rotatable bonds is 9. The molecule has 28 heavy (non-hydrogen) atoms. The lowest BCUT2D eigenvalue weighted by Gasteiger charge is -2.40. The molecule has 0 aromatic heterocycles. The smallest absolute Gasteiger partial charge is 0.0730 e. The van der Waals surface area contributed by atoms with E-state index in [9.17, 15) is 0 Å². The fourth-order valence-electron chi connectivity index (χ4n) is 6.31. The van der Waals surface area contributed by atoms with Gasteiger partial charge in [0, 0.05) is 12.1 Å². The van der Waals surface area contributed by atoms with Crippen molar-refractivity contribution in [3.05, 3.63) is 0 Å². The lowest BCUT2D eigenvalue weighted by atomic mass is 9.70. The maximum Gasteiger partial charge on any atom is 0.0730 e. The summed E-state index contributed by atoms with van der Waals surface area (Å²) >= 11 is 0. The molecule has 0 radical (unpaired) electrons. The molecule has 164 valence electrons. The predicted octanol–water partition coefficient (Wildman–Crippen LogP) is 5.94. The van der Waals surface area contributed by atoms with Crippen LogP contribution in [0.15, 0.2) is 0 Å². The Morgan fingerprint density at radius 1 is 0.714 bits per heavy atom. The van der Waals surface area contributed by atoms with Crippen molar-refractivity contribution in [3.63, 3.8) is 0 Å². The van der Waals surface area contributed by atoms with E-state index < -0.39 is 0 Å². The Morgan fingerprint density at radius 3 is 2.00 bits per heavy atom. The maximum absolute atomic E-state index is 6.44. The molecule has 3 fully saturated rings. The number of ether oxygens (including phenoxy) is 1. The first-order valence-corrected chi connectivity index (χ1v) is 12.8. The zero-order chi connectivity index (χ0) is 19.8. The molecule has 3 nitrogen and oxygen atoms in total. The zero-order valence-electron chi connectivity index (χ0n) is 18.6. The van der Waals surface area contributed by atoms with Gasteiger partial charge in [0.15, 0.2) is 0 Å². The minimum atomic E-state index is 0.152. The molecule has 0 aromatic rings. The van der Waals surface area contributed by atoms with Crippen LogP contribution in [0.4, 0.5) is 0 Å². The Bertz CT molecular complexity index is 413. The van der Waals surface area contributed by atoms with Crippen LogP contribution in [-0.2, 0) is 4.74 Å². The van der Waals surface area contributed by atoms with Crippen molar-refractivity contribution < 1.29 is 4.74 Å². The molecule has 0 aromatic carbocycles. The summed E-state index contributed by atoms with van der Waals surface area (Å²) in [4.78, 5) is 0. The summed E-state index contributed by atoms with van der Waals surface area (Å²) < 4.78 is 6.44. The summed E-state index contributed by atoms with van der Waals surface area (Å²) in [5.74, 6) is 3.02. The Hall–Kier alpha value is -0.120. The predicted molar refractivity (Wildman–Crippen MR) is 119 cm³/mol. The monoisotopic (exact) mass is 392 g/mol. The van der Waals surface area contributed by atoms with Gasteiger partial charge in [0.2, 0.25) is 0 Å². The molecule has 0 heterocycles. The topological polar surface area (TPSA) is 61.3 Å². The van der Waals surface area contributed by atoms with Gasteiger partial charge in [-0.25, -0.2) is 0 Å². The number of hydrogen-bond acceptors (Lipinski definition) is 3. The van der Waals surface area contributed by atoms with Crippen LogP contribution in [0.2, 0.25) is 0 Å². The summed E-state index contributed by atoms with van der Waals surface area (Å²) in [6, 6.07) is 0.441. The second kappa shape index (κ2) is 11.9. The Labute approximate surface area is 174 Å². The Balaban J connectivity index is 1.28. The van der Waals surface area contributed by atoms with E-state index in [-0.39, 0.29) is 18.2 Å². The van der Waals surface area contributed by atoms with Gasteiger partial charge in [-0.05, 0) is 75.5 Å². The van der Waals surface area contributed by atoms with Crippen LogP contribution in [0.5, 0.6) is 0 Å². The van der Waals surface area contributed by atoms with Gasteiger partial charge < -0.3 is 16.2 Å². The minimum Gasteiger partial charge on any atom is -0.373 e. The van der Waals surface area contributed by atoms with Crippen molar-refractivity contribution in [1.82, 2.24) is 0 Å². The summed E-state index contributed by atoms with van der Waals surface area (Å²) in [6.45, 7) is 2.31. The van der Waals surface area contributed by atoms with Crippen molar-refractivity contribution >= 4 is 0 Å². The third-order valence-corrected chi connectivity index (χ3v) is 8.23. The number of hydrogen-bond donors (Lipinski definition) is 2. The van der Waals surface area contributed by atoms with Crippen LogP contribution >= 0.6 is 0 Å². The second-order valence-electron chi connectivity index (χ2n) is 10.4. The molecule has 3 saturated carbocycles. The van der Waals surface area contributed by atoms with E-state index in [2.05, 4.69) is 6.92 Å². The molecule has 3 aliphatic rings. The summed E-state index contributed by atoms with van der Waals surface area (Å²) in [6.07, 6.45) is 23.8. The van der Waals surface area contributed by atoms with Crippen LogP contribution in [0, 0.1) is 17.8 Å². The quantitative estimate of drug-likeness (QED) is 0.478. The molecule has 0 spiro atoms. The molecular formula is C25H48N2O. The molecule has 3 aliphatic carbocycles. The summed E-state index contributed by atoms with van der Waals surface area (Å²) in [5, 5.41) is 0. The molecule has 4 N–H and O–H groups in total. The van der Waals surface area contributed by atoms with Crippen molar-refractivity contribution in [2.75, 3.05) is 0 Å². The molecular weight excluding hydrogens is 344 g/mol. The molecule has 3 rings (SSSR count). The zero-order valence-corrected chi connectivity index (χ0v) is 18.6. The van der Waals surface area contributed by atoms with Crippen LogP contribution in [0.1, 0.15) is 116 Å². The average Bonchev–Trinajstić information content (AvgIpc) is 2.71. The minimum absolute atomic E-state index is 0.152. The molecule has 0 saturated heterocycles. The van der Waals surface area contributed by atoms with Crippen molar-refractivity contribution in [2.24, 2.45) is 29.2 Å².